The van der Waals surface area contributed by atoms with Gasteiger partial charge in [-0.15, -0.1) is 0 Å². The van der Waals surface area contributed by atoms with E-state index in [1.807, 2.05) is 0 Å². The number of hydrogen-bond donors (Lipinski definition) is 1. The normalized spacial score (nSPS) is 10.1. The molecule has 18 heavy (non-hydrogen) atoms. The molecule has 0 atom stereocenters. The zero-order valence-electron chi connectivity index (χ0n) is 9.21. The van der Waals surface area contributed by atoms with Gasteiger partial charge in [-0.1, -0.05) is 18.2 Å². The van der Waals surface area contributed by atoms with Crippen LogP contribution in [0.4, 0.5) is 11.5 Å². The predicted molar refractivity (Wildman–Crippen MR) is 70.2 cm³/mol. The van der Waals surface area contributed by atoms with Gasteiger partial charge in [0.15, 0.2) is 0 Å². The molecule has 7 heteroatoms. The Bertz CT molecular complexity index is 576. The van der Waals surface area contributed by atoms with E-state index in [2.05, 4.69) is 31.2 Å². The predicted octanol–water partition coefficient (Wildman–Crippen LogP) is 2.76. The summed E-state index contributed by atoms with van der Waals surface area (Å²) in [5.74, 6) is 0.607. The zero-order valence-corrected chi connectivity index (χ0v) is 10.8. The summed E-state index contributed by atoms with van der Waals surface area (Å²) < 4.78 is 0.655. The van der Waals surface area contributed by atoms with Crippen molar-refractivity contribution < 1.29 is 4.92 Å². The van der Waals surface area contributed by atoms with Crippen LogP contribution in [0.15, 0.2) is 41.3 Å². The van der Waals surface area contributed by atoms with Crippen molar-refractivity contribution >= 4 is 27.4 Å². The number of nitrogens with zero attached hydrogens (tertiary/aromatic N) is 3. The number of nitro benzene ring substituents is 1. The van der Waals surface area contributed by atoms with Gasteiger partial charge in [-0.3, -0.25) is 10.1 Å². The molecule has 0 aliphatic rings. The number of rotatable bonds is 4. The lowest BCUT2D eigenvalue weighted by Crippen LogP contribution is -2.04. The van der Waals surface area contributed by atoms with Crippen molar-refractivity contribution in [1.82, 2.24) is 9.97 Å². The third-order valence-electron chi connectivity index (χ3n) is 2.28. The Labute approximate surface area is 111 Å². The monoisotopic (exact) mass is 308 g/mol. The minimum atomic E-state index is -0.396. The molecule has 6 nitrogen and oxygen atoms in total. The molecule has 2 rings (SSSR count). The smallest absolute Gasteiger partial charge is 0.274 e. The Morgan fingerprint density at radius 3 is 2.83 bits per heavy atom. The Balaban J connectivity index is 2.13. The highest BCUT2D eigenvalue weighted by molar-refractivity contribution is 9.10. The minimum absolute atomic E-state index is 0.0955. The van der Waals surface area contributed by atoms with Gasteiger partial charge < -0.3 is 5.32 Å². The molecule has 0 aliphatic heterocycles. The van der Waals surface area contributed by atoms with Gasteiger partial charge in [-0.2, -0.15) is 0 Å². The topological polar surface area (TPSA) is 81.0 Å². The Morgan fingerprint density at radius 1 is 1.33 bits per heavy atom. The van der Waals surface area contributed by atoms with E-state index in [1.165, 1.54) is 12.4 Å². The van der Waals surface area contributed by atoms with Crippen LogP contribution in [-0.4, -0.2) is 14.9 Å². The van der Waals surface area contributed by atoms with Crippen LogP contribution in [0.25, 0.3) is 0 Å². The van der Waals surface area contributed by atoms with Gasteiger partial charge in [0.2, 0.25) is 0 Å². The van der Waals surface area contributed by atoms with Crippen LogP contribution in [0.5, 0.6) is 0 Å². The fourth-order valence-corrected chi connectivity index (χ4v) is 1.76. The molecule has 1 N–H and O–H groups in total. The van der Waals surface area contributed by atoms with Crippen molar-refractivity contribution in [3.8, 4) is 0 Å². The summed E-state index contributed by atoms with van der Waals surface area (Å²) in [7, 11) is 0. The van der Waals surface area contributed by atoms with E-state index in [0.29, 0.717) is 22.5 Å². The second-order valence-electron chi connectivity index (χ2n) is 3.47. The van der Waals surface area contributed by atoms with E-state index in [9.17, 15) is 10.1 Å². The summed E-state index contributed by atoms with van der Waals surface area (Å²) in [6, 6.07) is 8.30. The van der Waals surface area contributed by atoms with Crippen LogP contribution < -0.4 is 5.32 Å². The third kappa shape index (κ3) is 3.01. The molecular formula is C11H9BrN4O2. The molecule has 0 bridgehead atoms. The number of nitrogens with one attached hydrogen (secondary N) is 1. The van der Waals surface area contributed by atoms with Crippen LogP contribution >= 0.6 is 15.9 Å². The maximum Gasteiger partial charge on any atom is 0.274 e. The second-order valence-corrected chi connectivity index (χ2v) is 4.28. The molecule has 0 fully saturated rings. The van der Waals surface area contributed by atoms with Crippen molar-refractivity contribution in [2.75, 3.05) is 5.32 Å². The zero-order chi connectivity index (χ0) is 13.0. The summed E-state index contributed by atoms with van der Waals surface area (Å²) >= 11 is 3.23. The number of halogens is 1. The van der Waals surface area contributed by atoms with Crippen molar-refractivity contribution in [3.63, 3.8) is 0 Å². The maximum atomic E-state index is 10.8. The van der Waals surface area contributed by atoms with Crippen LogP contribution in [0.3, 0.4) is 0 Å². The molecule has 92 valence electrons. The van der Waals surface area contributed by atoms with Gasteiger partial charge in [-0.25, -0.2) is 9.97 Å². The van der Waals surface area contributed by atoms with E-state index in [-0.39, 0.29) is 5.69 Å². The first-order valence-corrected chi connectivity index (χ1v) is 5.90. The highest BCUT2D eigenvalue weighted by Gasteiger charge is 2.11. The standard InChI is InChI=1S/C11H9BrN4O2/c12-10-5-11(15-7-14-10)13-6-8-3-1-2-4-9(8)16(17)18/h1-5,7H,6H2,(H,13,14,15). The number of nitro groups is 1. The van der Waals surface area contributed by atoms with Gasteiger partial charge in [0.1, 0.15) is 16.7 Å². The minimum Gasteiger partial charge on any atom is -0.366 e. The lowest BCUT2D eigenvalue weighted by Gasteiger charge is -2.06. The lowest BCUT2D eigenvalue weighted by atomic mass is 10.2. The van der Waals surface area contributed by atoms with Crippen LogP contribution in [0.1, 0.15) is 5.56 Å². The van der Waals surface area contributed by atoms with Crippen molar-refractivity contribution in [1.29, 1.82) is 0 Å². The third-order valence-corrected chi connectivity index (χ3v) is 2.72. The van der Waals surface area contributed by atoms with Crippen LogP contribution in [-0.2, 0) is 6.54 Å². The van der Waals surface area contributed by atoms with Crippen molar-refractivity contribution in [2.45, 2.75) is 6.54 Å². The summed E-state index contributed by atoms with van der Waals surface area (Å²) in [6.07, 6.45) is 1.41. The molecular weight excluding hydrogens is 300 g/mol. The fourth-order valence-electron chi connectivity index (χ4n) is 1.45. The summed E-state index contributed by atoms with van der Waals surface area (Å²) in [5, 5.41) is 13.8. The summed E-state index contributed by atoms with van der Waals surface area (Å²) in [6.45, 7) is 0.334. The van der Waals surface area contributed by atoms with Gasteiger partial charge in [0.25, 0.3) is 5.69 Å². The Morgan fingerprint density at radius 2 is 2.11 bits per heavy atom. The highest BCUT2D eigenvalue weighted by atomic mass is 79.9. The molecule has 0 aliphatic carbocycles. The summed E-state index contributed by atoms with van der Waals surface area (Å²) in [5.41, 5.74) is 0.704. The van der Waals surface area contributed by atoms with Crippen LogP contribution in [0.2, 0.25) is 0 Å². The fraction of sp³-hybridized carbons (Fsp3) is 0.0909. The van der Waals surface area contributed by atoms with E-state index < -0.39 is 4.92 Å². The van der Waals surface area contributed by atoms with Gasteiger partial charge in [0, 0.05) is 24.2 Å². The van der Waals surface area contributed by atoms with Crippen molar-refractivity contribution in [3.05, 3.63) is 56.9 Å². The van der Waals surface area contributed by atoms with Crippen LogP contribution in [0, 0.1) is 10.1 Å². The van der Waals surface area contributed by atoms with E-state index in [1.54, 1.807) is 24.3 Å². The first-order valence-electron chi connectivity index (χ1n) is 5.10. The molecule has 0 saturated carbocycles. The Kier molecular flexibility index (Phi) is 3.83. The lowest BCUT2D eigenvalue weighted by molar-refractivity contribution is -0.385. The molecule has 0 spiro atoms. The quantitative estimate of drug-likeness (QED) is 0.533. The first-order chi connectivity index (χ1) is 8.66. The number of aromatic nitrogens is 2. The molecule has 0 radical (unpaired) electrons. The molecule has 1 aromatic carbocycles. The highest BCUT2D eigenvalue weighted by Crippen LogP contribution is 2.19. The molecule has 1 heterocycles. The average Bonchev–Trinajstić information content (AvgIpc) is 2.37. The van der Waals surface area contributed by atoms with E-state index in [0.717, 1.165) is 0 Å². The van der Waals surface area contributed by atoms with Gasteiger partial charge in [-0.05, 0) is 15.9 Å². The molecule has 2 aromatic rings. The van der Waals surface area contributed by atoms with E-state index >= 15 is 0 Å². The number of benzene rings is 1. The number of para-hydroxylation sites is 1. The largest absolute Gasteiger partial charge is 0.366 e. The first kappa shape index (κ1) is 12.4. The average molecular weight is 309 g/mol. The van der Waals surface area contributed by atoms with Crippen molar-refractivity contribution in [2.24, 2.45) is 0 Å². The summed E-state index contributed by atoms with van der Waals surface area (Å²) in [4.78, 5) is 18.3. The van der Waals surface area contributed by atoms with E-state index in [4.69, 9.17) is 0 Å². The maximum absolute atomic E-state index is 10.8. The molecule has 0 amide bonds. The molecule has 0 saturated heterocycles. The van der Waals surface area contributed by atoms with Gasteiger partial charge >= 0.3 is 0 Å². The molecule has 1 aromatic heterocycles. The van der Waals surface area contributed by atoms with Gasteiger partial charge in [0.05, 0.1) is 4.92 Å². The number of anilines is 1. The second kappa shape index (κ2) is 5.54. The Hall–Kier alpha value is -2.02. The number of hydrogen-bond acceptors (Lipinski definition) is 5. The molecule has 0 unspecified atom stereocenters. The SMILES string of the molecule is O=[N+]([O-])c1ccccc1CNc1cc(Br)ncn1.